The minimum Gasteiger partial charge on any atom is -0.478 e. The number of thiocarbonyl (C=S) groups is 1. The Bertz CT molecular complexity index is 442. The van der Waals surface area contributed by atoms with E-state index in [4.69, 9.17) is 5.11 Å². The fraction of sp³-hybridized carbons (Fsp3) is 0.0909. The maximum atomic E-state index is 10.6. The average Bonchev–Trinajstić information content (AvgIpc) is 2.21. The van der Waals surface area contributed by atoms with Crippen LogP contribution in [0.5, 0.6) is 0 Å². The van der Waals surface area contributed by atoms with E-state index in [0.717, 1.165) is 5.56 Å². The molecule has 1 rings (SSSR count). The lowest BCUT2D eigenvalue weighted by molar-refractivity contribution is -0.132. The second kappa shape index (κ2) is 5.20. The van der Waals surface area contributed by atoms with Crippen LogP contribution in [-0.2, 0) is 4.79 Å². The normalized spacial score (nSPS) is 10.6. The minimum atomic E-state index is -0.920. The third kappa shape index (κ3) is 3.46. The Hall–Kier alpha value is -1.77. The molecule has 1 aromatic rings. The largest absolute Gasteiger partial charge is 0.478 e. The second-order valence-electron chi connectivity index (χ2n) is 2.93. The van der Waals surface area contributed by atoms with Crippen LogP contribution in [0.15, 0.2) is 34.8 Å². The lowest BCUT2D eigenvalue weighted by Gasteiger charge is -1.96. The van der Waals surface area contributed by atoms with Crippen molar-refractivity contribution < 1.29 is 9.90 Å². The topological polar surface area (TPSA) is 49.7 Å². The summed E-state index contributed by atoms with van der Waals surface area (Å²) in [5.41, 5.74) is 1.81. The van der Waals surface area contributed by atoms with E-state index in [0.29, 0.717) is 11.3 Å². The van der Waals surface area contributed by atoms with Crippen molar-refractivity contribution in [1.29, 1.82) is 0 Å². The Labute approximate surface area is 92.8 Å². The van der Waals surface area contributed by atoms with E-state index in [9.17, 15) is 4.79 Å². The van der Waals surface area contributed by atoms with Crippen molar-refractivity contribution in [2.75, 3.05) is 0 Å². The van der Waals surface area contributed by atoms with Crippen molar-refractivity contribution in [2.24, 2.45) is 4.99 Å². The van der Waals surface area contributed by atoms with Crippen LogP contribution in [0.3, 0.4) is 0 Å². The number of aliphatic carboxylic acids is 1. The van der Waals surface area contributed by atoms with Gasteiger partial charge in [0, 0.05) is 5.57 Å². The third-order valence-corrected chi connectivity index (χ3v) is 1.88. The first-order chi connectivity index (χ1) is 7.13. The number of carbonyl (C=O) groups is 1. The van der Waals surface area contributed by atoms with Crippen LogP contribution in [0.2, 0.25) is 0 Å². The number of benzene rings is 1. The van der Waals surface area contributed by atoms with E-state index in [1.165, 1.54) is 0 Å². The number of isothiocyanates is 1. The van der Waals surface area contributed by atoms with Gasteiger partial charge in [-0.2, -0.15) is 4.99 Å². The lowest BCUT2D eigenvalue weighted by Crippen LogP contribution is -1.95. The van der Waals surface area contributed by atoms with Crippen molar-refractivity contribution in [3.8, 4) is 0 Å². The number of carboxylic acid groups (broad SMARTS) is 1. The summed E-state index contributed by atoms with van der Waals surface area (Å²) in [6.45, 7) is 1.55. The van der Waals surface area contributed by atoms with Gasteiger partial charge in [0.2, 0.25) is 0 Å². The number of rotatable bonds is 3. The van der Waals surface area contributed by atoms with E-state index in [2.05, 4.69) is 22.4 Å². The smallest absolute Gasteiger partial charge is 0.331 e. The molecule has 0 saturated heterocycles. The zero-order valence-corrected chi connectivity index (χ0v) is 8.91. The van der Waals surface area contributed by atoms with E-state index in [1.54, 1.807) is 37.3 Å². The number of aliphatic imine (C=N–C) groups is 1. The third-order valence-electron chi connectivity index (χ3n) is 1.79. The maximum absolute atomic E-state index is 10.6. The van der Waals surface area contributed by atoms with Gasteiger partial charge in [-0.15, -0.1) is 0 Å². The highest BCUT2D eigenvalue weighted by Gasteiger charge is 1.99. The summed E-state index contributed by atoms with van der Waals surface area (Å²) in [7, 11) is 0. The predicted octanol–water partition coefficient (Wildman–Crippen LogP) is 2.91. The summed E-state index contributed by atoms with van der Waals surface area (Å²) in [6, 6.07) is 7.05. The summed E-state index contributed by atoms with van der Waals surface area (Å²) in [5, 5.41) is 10.9. The minimum absolute atomic E-state index is 0.293. The van der Waals surface area contributed by atoms with Gasteiger partial charge in [-0.05, 0) is 42.9 Å². The molecule has 1 aromatic carbocycles. The standard InChI is InChI=1S/C11H9NO2S/c1-8(11(13)14)6-9-2-4-10(5-3-9)12-7-15/h2-6H,1H3,(H,13,14). The number of hydrogen-bond acceptors (Lipinski definition) is 3. The van der Waals surface area contributed by atoms with Crippen molar-refractivity contribution >= 4 is 35.1 Å². The fourth-order valence-corrected chi connectivity index (χ4v) is 1.11. The fourth-order valence-electron chi connectivity index (χ4n) is 1.01. The molecule has 0 aliphatic carbocycles. The van der Waals surface area contributed by atoms with Crippen LogP contribution in [0.4, 0.5) is 5.69 Å². The first-order valence-electron chi connectivity index (χ1n) is 4.23. The highest BCUT2D eigenvalue weighted by Crippen LogP contribution is 2.14. The summed E-state index contributed by atoms with van der Waals surface area (Å²) >= 11 is 4.46. The van der Waals surface area contributed by atoms with Crippen LogP contribution in [-0.4, -0.2) is 16.2 Å². The monoisotopic (exact) mass is 219 g/mol. The number of carboxylic acids is 1. The van der Waals surface area contributed by atoms with Gasteiger partial charge in [0.1, 0.15) is 0 Å². The molecule has 0 fully saturated rings. The molecule has 15 heavy (non-hydrogen) atoms. The predicted molar refractivity (Wildman–Crippen MR) is 62.4 cm³/mol. The Morgan fingerprint density at radius 2 is 2.07 bits per heavy atom. The molecule has 0 atom stereocenters. The first-order valence-corrected chi connectivity index (χ1v) is 4.64. The molecule has 1 N–H and O–H groups in total. The molecule has 4 heteroatoms. The molecule has 0 unspecified atom stereocenters. The second-order valence-corrected chi connectivity index (χ2v) is 3.11. The molecule has 0 saturated carbocycles. The van der Waals surface area contributed by atoms with Gasteiger partial charge in [-0.1, -0.05) is 12.1 Å². The molecule has 0 amide bonds. The molecule has 0 bridgehead atoms. The van der Waals surface area contributed by atoms with E-state index in [-0.39, 0.29) is 0 Å². The van der Waals surface area contributed by atoms with E-state index >= 15 is 0 Å². The van der Waals surface area contributed by atoms with Gasteiger partial charge in [-0.25, -0.2) is 4.79 Å². The van der Waals surface area contributed by atoms with Crippen LogP contribution in [0.1, 0.15) is 12.5 Å². The van der Waals surface area contributed by atoms with Crippen molar-refractivity contribution in [1.82, 2.24) is 0 Å². The quantitative estimate of drug-likeness (QED) is 0.483. The summed E-state index contributed by atoms with van der Waals surface area (Å²) in [5.74, 6) is -0.920. The van der Waals surface area contributed by atoms with Gasteiger partial charge in [0.05, 0.1) is 10.8 Å². The average molecular weight is 219 g/mol. The van der Waals surface area contributed by atoms with Crippen molar-refractivity contribution in [3.05, 3.63) is 35.4 Å². The van der Waals surface area contributed by atoms with Crippen LogP contribution in [0, 0.1) is 0 Å². The van der Waals surface area contributed by atoms with E-state index < -0.39 is 5.97 Å². The zero-order valence-electron chi connectivity index (χ0n) is 8.10. The Kier molecular flexibility index (Phi) is 3.92. The highest BCUT2D eigenvalue weighted by atomic mass is 32.1. The number of nitrogens with zero attached hydrogens (tertiary/aromatic N) is 1. The zero-order chi connectivity index (χ0) is 11.3. The molecule has 3 nitrogen and oxygen atoms in total. The molecular weight excluding hydrogens is 210 g/mol. The maximum Gasteiger partial charge on any atom is 0.331 e. The molecule has 0 spiro atoms. The van der Waals surface area contributed by atoms with Gasteiger partial charge < -0.3 is 5.11 Å². The summed E-state index contributed by atoms with van der Waals surface area (Å²) in [4.78, 5) is 14.4. The lowest BCUT2D eigenvalue weighted by atomic mass is 10.1. The van der Waals surface area contributed by atoms with Gasteiger partial charge >= 0.3 is 5.97 Å². The van der Waals surface area contributed by atoms with Crippen molar-refractivity contribution in [3.63, 3.8) is 0 Å². The van der Waals surface area contributed by atoms with Crippen LogP contribution >= 0.6 is 12.2 Å². The molecule has 0 aromatic heterocycles. The SMILES string of the molecule is CC(=Cc1ccc(N=C=S)cc1)C(=O)O. The van der Waals surface area contributed by atoms with E-state index in [1.807, 2.05) is 0 Å². The summed E-state index contributed by atoms with van der Waals surface area (Å²) < 4.78 is 0. The molecule has 0 heterocycles. The molecular formula is C11H9NO2S. The molecule has 0 radical (unpaired) electrons. The Morgan fingerprint density at radius 1 is 1.47 bits per heavy atom. The molecule has 0 aliphatic rings. The van der Waals surface area contributed by atoms with Gasteiger partial charge in [-0.3, -0.25) is 0 Å². The van der Waals surface area contributed by atoms with Crippen LogP contribution < -0.4 is 0 Å². The summed E-state index contributed by atoms with van der Waals surface area (Å²) in [6.07, 6.45) is 1.59. The molecule has 0 aliphatic heterocycles. The Balaban J connectivity index is 2.94. The number of hydrogen-bond donors (Lipinski definition) is 1. The highest BCUT2D eigenvalue weighted by molar-refractivity contribution is 7.78. The first kappa shape index (κ1) is 11.3. The van der Waals surface area contributed by atoms with Crippen LogP contribution in [0.25, 0.3) is 6.08 Å². The van der Waals surface area contributed by atoms with Gasteiger partial charge in [0.25, 0.3) is 0 Å². The van der Waals surface area contributed by atoms with Gasteiger partial charge in [0.15, 0.2) is 0 Å². The molecule has 76 valence electrons. The van der Waals surface area contributed by atoms with Crippen molar-refractivity contribution in [2.45, 2.75) is 6.92 Å². The Morgan fingerprint density at radius 3 is 2.53 bits per heavy atom.